The lowest BCUT2D eigenvalue weighted by Crippen LogP contribution is -2.05. The molecule has 0 aliphatic heterocycles. The number of carboxylic acids is 1. The molecule has 0 saturated carbocycles. The molecule has 0 aliphatic rings. The zero-order valence-corrected chi connectivity index (χ0v) is 10.9. The molecule has 0 radical (unpaired) electrons. The van der Waals surface area contributed by atoms with E-state index in [4.69, 9.17) is 9.84 Å². The summed E-state index contributed by atoms with van der Waals surface area (Å²) in [5, 5.41) is 15.9. The van der Waals surface area contributed by atoms with Crippen molar-refractivity contribution >= 4 is 5.97 Å². The molecule has 112 valence electrons. The summed E-state index contributed by atoms with van der Waals surface area (Å²) in [7, 11) is 1.33. The highest BCUT2D eigenvalue weighted by molar-refractivity contribution is 5.84. The van der Waals surface area contributed by atoms with Crippen LogP contribution >= 0.6 is 0 Å². The van der Waals surface area contributed by atoms with E-state index in [-0.39, 0.29) is 23.7 Å². The number of aromatic nitrogens is 3. The van der Waals surface area contributed by atoms with Crippen LogP contribution in [-0.2, 0) is 6.54 Å². The van der Waals surface area contributed by atoms with Crippen LogP contribution in [0.15, 0.2) is 24.4 Å². The fourth-order valence-corrected chi connectivity index (χ4v) is 1.66. The van der Waals surface area contributed by atoms with Crippen LogP contribution < -0.4 is 9.47 Å². The van der Waals surface area contributed by atoms with E-state index in [9.17, 15) is 13.6 Å². The summed E-state index contributed by atoms with van der Waals surface area (Å²) >= 11 is 0. The van der Waals surface area contributed by atoms with E-state index in [1.165, 1.54) is 30.1 Å². The van der Waals surface area contributed by atoms with Gasteiger partial charge in [0.05, 0.1) is 19.9 Å². The van der Waals surface area contributed by atoms with E-state index < -0.39 is 12.6 Å². The molecule has 9 heteroatoms. The van der Waals surface area contributed by atoms with Gasteiger partial charge in [0.1, 0.15) is 0 Å². The fraction of sp³-hybridized carbons (Fsp3) is 0.250. The topological polar surface area (TPSA) is 86.5 Å². The molecule has 0 amide bonds. The number of benzene rings is 1. The summed E-state index contributed by atoms with van der Waals surface area (Å²) in [6, 6.07) is 4.39. The fourth-order valence-electron chi connectivity index (χ4n) is 1.66. The Morgan fingerprint density at radius 1 is 1.43 bits per heavy atom. The number of ether oxygens (including phenoxy) is 2. The molecule has 1 heterocycles. The summed E-state index contributed by atoms with van der Waals surface area (Å²) in [6.45, 7) is -2.73. The van der Waals surface area contributed by atoms with Crippen molar-refractivity contribution < 1.29 is 28.2 Å². The molecule has 7 nitrogen and oxygen atoms in total. The predicted octanol–water partition coefficient (Wildman–Crippen LogP) is 1.63. The van der Waals surface area contributed by atoms with Crippen LogP contribution in [0.5, 0.6) is 11.5 Å². The summed E-state index contributed by atoms with van der Waals surface area (Å²) in [5.74, 6) is -1.12. The number of alkyl halides is 2. The Morgan fingerprint density at radius 2 is 2.19 bits per heavy atom. The number of hydrogen-bond acceptors (Lipinski definition) is 5. The lowest BCUT2D eigenvalue weighted by molar-refractivity contribution is -0.0512. The van der Waals surface area contributed by atoms with Crippen LogP contribution in [0, 0.1) is 0 Å². The minimum absolute atomic E-state index is 0.0823. The maximum absolute atomic E-state index is 12.2. The molecule has 0 bridgehead atoms. The Kier molecular flexibility index (Phi) is 4.31. The van der Waals surface area contributed by atoms with E-state index >= 15 is 0 Å². The van der Waals surface area contributed by atoms with Crippen molar-refractivity contribution in [3.8, 4) is 11.5 Å². The normalized spacial score (nSPS) is 10.7. The first-order chi connectivity index (χ1) is 9.99. The molecule has 0 spiro atoms. The number of carbonyl (C=O) groups is 1. The molecule has 2 rings (SSSR count). The van der Waals surface area contributed by atoms with Crippen LogP contribution in [0.25, 0.3) is 0 Å². The lowest BCUT2D eigenvalue weighted by Gasteiger charge is -2.11. The first-order valence-electron chi connectivity index (χ1n) is 5.74. The monoisotopic (exact) mass is 299 g/mol. The number of methoxy groups -OCH3 is 1. The Morgan fingerprint density at radius 3 is 2.76 bits per heavy atom. The maximum Gasteiger partial charge on any atom is 0.387 e. The average Bonchev–Trinajstić information content (AvgIpc) is 2.88. The molecule has 0 aliphatic carbocycles. The van der Waals surface area contributed by atoms with Crippen LogP contribution in [0.1, 0.15) is 16.1 Å². The number of aromatic carboxylic acids is 1. The number of hydrogen-bond donors (Lipinski definition) is 1. The van der Waals surface area contributed by atoms with Crippen molar-refractivity contribution in [3.05, 3.63) is 35.7 Å². The minimum Gasteiger partial charge on any atom is -0.493 e. The molecule has 0 unspecified atom stereocenters. The van der Waals surface area contributed by atoms with Crippen LogP contribution in [0.4, 0.5) is 8.78 Å². The smallest absolute Gasteiger partial charge is 0.387 e. The predicted molar refractivity (Wildman–Crippen MR) is 65.7 cm³/mol. The van der Waals surface area contributed by atoms with Gasteiger partial charge in [-0.05, 0) is 17.7 Å². The molecule has 1 aromatic heterocycles. The van der Waals surface area contributed by atoms with E-state index in [0.29, 0.717) is 5.56 Å². The number of nitrogens with zero attached hydrogens (tertiary/aromatic N) is 3. The van der Waals surface area contributed by atoms with Crippen LogP contribution in [-0.4, -0.2) is 39.8 Å². The van der Waals surface area contributed by atoms with Crippen molar-refractivity contribution in [3.63, 3.8) is 0 Å². The number of halogens is 2. The van der Waals surface area contributed by atoms with E-state index in [1.807, 2.05) is 0 Å². The first kappa shape index (κ1) is 14.7. The van der Waals surface area contributed by atoms with Gasteiger partial charge in [0.25, 0.3) is 0 Å². The largest absolute Gasteiger partial charge is 0.493 e. The van der Waals surface area contributed by atoms with Crippen LogP contribution in [0.2, 0.25) is 0 Å². The molecule has 0 saturated heterocycles. The van der Waals surface area contributed by atoms with Gasteiger partial charge in [-0.1, -0.05) is 11.3 Å². The van der Waals surface area contributed by atoms with Gasteiger partial charge in [0.15, 0.2) is 17.2 Å². The third-order valence-corrected chi connectivity index (χ3v) is 2.55. The van der Waals surface area contributed by atoms with Crippen molar-refractivity contribution in [1.82, 2.24) is 15.0 Å². The number of rotatable bonds is 6. The molecule has 2 aromatic rings. The summed E-state index contributed by atoms with van der Waals surface area (Å²) in [4.78, 5) is 10.7. The SMILES string of the molecule is COc1cc(Cn2cc(C(=O)O)nn2)ccc1OC(F)F. The highest BCUT2D eigenvalue weighted by Gasteiger charge is 2.12. The van der Waals surface area contributed by atoms with Crippen LogP contribution in [0.3, 0.4) is 0 Å². The molecule has 1 N–H and O–H groups in total. The highest BCUT2D eigenvalue weighted by atomic mass is 19.3. The second-order valence-electron chi connectivity index (χ2n) is 3.97. The molecule has 0 atom stereocenters. The Balaban J connectivity index is 2.18. The average molecular weight is 299 g/mol. The maximum atomic E-state index is 12.2. The zero-order chi connectivity index (χ0) is 15.4. The molecular formula is C12H11F2N3O4. The molecule has 0 fully saturated rings. The quantitative estimate of drug-likeness (QED) is 0.872. The van der Waals surface area contributed by atoms with Gasteiger partial charge in [0, 0.05) is 0 Å². The minimum atomic E-state index is -2.95. The van der Waals surface area contributed by atoms with Crippen molar-refractivity contribution in [1.29, 1.82) is 0 Å². The highest BCUT2D eigenvalue weighted by Crippen LogP contribution is 2.29. The standard InChI is InChI=1S/C12H11F2N3O4/c1-20-10-4-7(2-3-9(10)21-12(13)14)5-17-6-8(11(18)19)15-16-17/h2-4,6,12H,5H2,1H3,(H,18,19). The van der Waals surface area contributed by atoms with E-state index in [1.54, 1.807) is 6.07 Å². The first-order valence-corrected chi connectivity index (χ1v) is 5.74. The summed E-state index contributed by atoms with van der Waals surface area (Å²) < 4.78 is 35.0. The zero-order valence-electron chi connectivity index (χ0n) is 10.9. The Labute approximate surface area is 117 Å². The summed E-state index contributed by atoms with van der Waals surface area (Å²) in [6.07, 6.45) is 1.26. The van der Waals surface area contributed by atoms with Gasteiger partial charge in [-0.15, -0.1) is 5.10 Å². The van der Waals surface area contributed by atoms with Crippen molar-refractivity contribution in [2.75, 3.05) is 7.11 Å². The molecule has 1 aromatic carbocycles. The van der Waals surface area contributed by atoms with Gasteiger partial charge in [0.2, 0.25) is 0 Å². The molecule has 21 heavy (non-hydrogen) atoms. The second kappa shape index (κ2) is 6.16. The third-order valence-electron chi connectivity index (χ3n) is 2.55. The van der Waals surface area contributed by atoms with Crippen molar-refractivity contribution in [2.45, 2.75) is 13.2 Å². The van der Waals surface area contributed by atoms with E-state index in [2.05, 4.69) is 15.0 Å². The van der Waals surface area contributed by atoms with Gasteiger partial charge < -0.3 is 14.6 Å². The Bertz CT molecular complexity index is 645. The van der Waals surface area contributed by atoms with E-state index in [0.717, 1.165) is 0 Å². The summed E-state index contributed by atoms with van der Waals surface area (Å²) in [5.41, 5.74) is 0.481. The van der Waals surface area contributed by atoms with Gasteiger partial charge in [-0.3, -0.25) is 0 Å². The lowest BCUT2D eigenvalue weighted by atomic mass is 10.2. The van der Waals surface area contributed by atoms with Crippen molar-refractivity contribution in [2.24, 2.45) is 0 Å². The number of carboxylic acid groups (broad SMARTS) is 1. The van der Waals surface area contributed by atoms with Gasteiger partial charge in [-0.2, -0.15) is 8.78 Å². The van der Waals surface area contributed by atoms with Gasteiger partial charge >= 0.3 is 12.6 Å². The second-order valence-corrected chi connectivity index (χ2v) is 3.97. The third kappa shape index (κ3) is 3.65. The van der Waals surface area contributed by atoms with Gasteiger partial charge in [-0.25, -0.2) is 9.48 Å². The molecular weight excluding hydrogens is 288 g/mol. The Hall–Kier alpha value is -2.71.